The smallest absolute Gasteiger partial charge is 0.315 e. The van der Waals surface area contributed by atoms with Gasteiger partial charge in [0.05, 0.1) is 6.10 Å². The molecule has 0 bridgehead atoms. The first kappa shape index (κ1) is 27.0. The van der Waals surface area contributed by atoms with Crippen LogP contribution in [0.15, 0.2) is 23.9 Å². The van der Waals surface area contributed by atoms with Gasteiger partial charge in [-0.3, -0.25) is 4.79 Å². The third-order valence-corrected chi connectivity index (χ3v) is 12.2. The second-order valence-corrected chi connectivity index (χ2v) is 14.0. The van der Waals surface area contributed by atoms with E-state index in [9.17, 15) is 15.0 Å². The SMILES string of the molecule is C[C@H](CCC(=O)N1CCN(c2ccnc(O)n2)CC1)[C@H]1CC[C@H]2[C@@H]3CC=C4C[C@@H](O)CC[C@]4(C)[C@H]3CC[C@]12C. The van der Waals surface area contributed by atoms with Gasteiger partial charge in [-0.25, -0.2) is 4.98 Å². The van der Waals surface area contributed by atoms with E-state index in [0.717, 1.165) is 62.3 Å². The predicted octanol–water partition coefficient (Wildman–Crippen LogP) is 5.19. The number of carbonyl (C=O) groups is 1. The summed E-state index contributed by atoms with van der Waals surface area (Å²) in [4.78, 5) is 25.2. The number of hydrogen-bond acceptors (Lipinski definition) is 6. The summed E-state index contributed by atoms with van der Waals surface area (Å²) in [6.45, 7) is 10.4. The van der Waals surface area contributed by atoms with Crippen LogP contribution >= 0.6 is 0 Å². The number of amides is 1. The van der Waals surface area contributed by atoms with Gasteiger partial charge in [0.15, 0.2) is 0 Å². The quantitative estimate of drug-likeness (QED) is 0.504. The van der Waals surface area contributed by atoms with Crippen molar-refractivity contribution in [3.8, 4) is 6.01 Å². The first-order valence-corrected chi connectivity index (χ1v) is 15.6. The molecule has 0 radical (unpaired) electrons. The van der Waals surface area contributed by atoms with Crippen molar-refractivity contribution in [2.24, 2.45) is 40.4 Å². The van der Waals surface area contributed by atoms with E-state index >= 15 is 0 Å². The summed E-state index contributed by atoms with van der Waals surface area (Å²) in [6, 6.07) is 1.61. The third kappa shape index (κ3) is 4.76. The van der Waals surface area contributed by atoms with Crippen LogP contribution in [0.5, 0.6) is 6.01 Å². The van der Waals surface area contributed by atoms with Crippen molar-refractivity contribution in [2.75, 3.05) is 31.1 Å². The fourth-order valence-electron chi connectivity index (χ4n) is 10.0. The molecule has 0 aromatic carbocycles. The Kier molecular flexibility index (Phi) is 7.18. The number of aliphatic hydroxyl groups excluding tert-OH is 1. The Hall–Kier alpha value is -2.15. The molecule has 0 unspecified atom stereocenters. The highest BCUT2D eigenvalue weighted by atomic mass is 16.3. The number of piperazine rings is 1. The minimum atomic E-state index is -0.205. The number of aromatic hydroxyl groups is 1. The van der Waals surface area contributed by atoms with E-state index in [2.05, 4.69) is 41.7 Å². The van der Waals surface area contributed by atoms with Gasteiger partial charge in [-0.2, -0.15) is 4.98 Å². The van der Waals surface area contributed by atoms with Gasteiger partial charge in [0.2, 0.25) is 5.91 Å². The molecule has 3 saturated carbocycles. The van der Waals surface area contributed by atoms with Crippen LogP contribution in [-0.2, 0) is 4.79 Å². The molecule has 8 atom stereocenters. The Balaban J connectivity index is 1.04. The van der Waals surface area contributed by atoms with Crippen molar-refractivity contribution >= 4 is 11.7 Å². The first-order chi connectivity index (χ1) is 18.7. The summed E-state index contributed by atoms with van der Waals surface area (Å²) in [6.07, 6.45) is 15.2. The van der Waals surface area contributed by atoms with Crippen LogP contribution in [0.25, 0.3) is 0 Å². The molecule has 214 valence electrons. The lowest BCUT2D eigenvalue weighted by Crippen LogP contribution is -2.51. The zero-order valence-electron chi connectivity index (χ0n) is 24.2. The predicted molar refractivity (Wildman–Crippen MR) is 152 cm³/mol. The van der Waals surface area contributed by atoms with E-state index in [1.807, 2.05) is 11.0 Å². The Morgan fingerprint density at radius 2 is 1.90 bits per heavy atom. The number of nitrogens with zero attached hydrogens (tertiary/aromatic N) is 4. The zero-order chi connectivity index (χ0) is 27.4. The van der Waals surface area contributed by atoms with Crippen LogP contribution in [0.1, 0.15) is 85.0 Å². The molecule has 1 aromatic heterocycles. The molecule has 0 spiro atoms. The minimum Gasteiger partial charge on any atom is -0.479 e. The van der Waals surface area contributed by atoms with Crippen molar-refractivity contribution in [3.63, 3.8) is 0 Å². The van der Waals surface area contributed by atoms with Crippen molar-refractivity contribution in [2.45, 2.75) is 91.1 Å². The molecule has 1 amide bonds. The number of hydrogen-bond donors (Lipinski definition) is 2. The lowest BCUT2D eigenvalue weighted by molar-refractivity contribution is -0.132. The highest BCUT2D eigenvalue weighted by molar-refractivity contribution is 5.76. The molecule has 7 nitrogen and oxygen atoms in total. The fraction of sp³-hybridized carbons (Fsp3) is 0.781. The van der Waals surface area contributed by atoms with E-state index in [-0.39, 0.29) is 18.0 Å². The Labute approximate surface area is 234 Å². The molecule has 2 heterocycles. The van der Waals surface area contributed by atoms with Gasteiger partial charge in [0.25, 0.3) is 0 Å². The van der Waals surface area contributed by atoms with Gasteiger partial charge in [0, 0.05) is 38.8 Å². The Bertz CT molecular complexity index is 1100. The lowest BCUT2D eigenvalue weighted by atomic mass is 9.47. The fourth-order valence-corrected chi connectivity index (χ4v) is 10.0. The topological polar surface area (TPSA) is 89.8 Å². The standard InChI is InChI=1S/C32H48N4O3/c1-21(4-9-29(38)36-18-16-35(17-19-36)28-12-15-33-30(39)34-28)25-7-8-26-24-6-5-22-20-23(37)10-13-31(22,2)27(24)11-14-32(25,26)3/h5,12,15,21,23-27,37H,4,6-11,13-14,16-20H2,1-3H3,(H,33,34,39)/t21-,23+,24+,25-,26+,27+,31+,32-/m1/s1. The maximum absolute atomic E-state index is 13.2. The number of allylic oxidation sites excluding steroid dienone is 1. The molecule has 6 rings (SSSR count). The summed E-state index contributed by atoms with van der Waals surface area (Å²) < 4.78 is 0. The zero-order valence-corrected chi connectivity index (χ0v) is 24.2. The minimum absolute atomic E-state index is 0.133. The van der Waals surface area contributed by atoms with E-state index in [1.165, 1.54) is 32.1 Å². The molecule has 1 saturated heterocycles. The van der Waals surface area contributed by atoms with Gasteiger partial charge >= 0.3 is 6.01 Å². The van der Waals surface area contributed by atoms with Crippen LogP contribution in [0.3, 0.4) is 0 Å². The van der Waals surface area contributed by atoms with Gasteiger partial charge in [-0.1, -0.05) is 32.4 Å². The van der Waals surface area contributed by atoms with E-state index in [4.69, 9.17) is 0 Å². The average molecular weight is 537 g/mol. The average Bonchev–Trinajstić information content (AvgIpc) is 3.29. The molecular weight excluding hydrogens is 488 g/mol. The molecule has 4 aliphatic carbocycles. The first-order valence-electron chi connectivity index (χ1n) is 15.6. The van der Waals surface area contributed by atoms with E-state index in [0.29, 0.717) is 42.2 Å². The van der Waals surface area contributed by atoms with Crippen LogP contribution < -0.4 is 4.90 Å². The van der Waals surface area contributed by atoms with Gasteiger partial charge in [-0.05, 0) is 104 Å². The number of aliphatic hydroxyl groups is 1. The number of fused-ring (bicyclic) bond motifs is 5. The number of anilines is 1. The Morgan fingerprint density at radius 3 is 2.67 bits per heavy atom. The molecule has 7 heteroatoms. The second-order valence-electron chi connectivity index (χ2n) is 14.0. The molecule has 1 aromatic rings. The monoisotopic (exact) mass is 536 g/mol. The van der Waals surface area contributed by atoms with E-state index in [1.54, 1.807) is 11.8 Å². The van der Waals surface area contributed by atoms with Gasteiger partial charge in [0.1, 0.15) is 5.82 Å². The second kappa shape index (κ2) is 10.4. The van der Waals surface area contributed by atoms with Crippen molar-refractivity contribution in [3.05, 3.63) is 23.9 Å². The normalized spacial score (nSPS) is 38.9. The highest BCUT2D eigenvalue weighted by Crippen LogP contribution is 2.67. The third-order valence-electron chi connectivity index (χ3n) is 12.2. The van der Waals surface area contributed by atoms with Crippen LogP contribution in [0, 0.1) is 40.4 Å². The molecule has 4 fully saturated rings. The van der Waals surface area contributed by atoms with Gasteiger partial charge < -0.3 is 20.0 Å². The summed E-state index contributed by atoms with van der Waals surface area (Å²) in [5.74, 6) is 4.67. The van der Waals surface area contributed by atoms with Gasteiger partial charge in [-0.15, -0.1) is 0 Å². The number of carbonyl (C=O) groups excluding carboxylic acids is 1. The Morgan fingerprint density at radius 1 is 1.10 bits per heavy atom. The van der Waals surface area contributed by atoms with Crippen molar-refractivity contribution in [1.29, 1.82) is 0 Å². The largest absolute Gasteiger partial charge is 0.479 e. The summed E-state index contributed by atoms with van der Waals surface area (Å²) in [5, 5.41) is 19.9. The van der Waals surface area contributed by atoms with Crippen LogP contribution in [-0.4, -0.2) is 63.3 Å². The molecule has 2 N–H and O–H groups in total. The molecule has 39 heavy (non-hydrogen) atoms. The highest BCUT2D eigenvalue weighted by Gasteiger charge is 2.59. The maximum atomic E-state index is 13.2. The van der Waals surface area contributed by atoms with E-state index < -0.39 is 0 Å². The molecular formula is C32H48N4O3. The van der Waals surface area contributed by atoms with Crippen molar-refractivity contribution < 1.29 is 15.0 Å². The number of rotatable bonds is 5. The lowest BCUT2D eigenvalue weighted by Gasteiger charge is -2.58. The van der Waals surface area contributed by atoms with Crippen LogP contribution in [0.4, 0.5) is 5.82 Å². The summed E-state index contributed by atoms with van der Waals surface area (Å²) in [7, 11) is 0. The molecule has 5 aliphatic rings. The van der Waals surface area contributed by atoms with Crippen molar-refractivity contribution in [1.82, 2.24) is 14.9 Å². The number of aromatic nitrogens is 2. The maximum Gasteiger partial charge on any atom is 0.315 e. The van der Waals surface area contributed by atoms with Crippen LogP contribution in [0.2, 0.25) is 0 Å². The molecule has 1 aliphatic heterocycles. The summed E-state index contributed by atoms with van der Waals surface area (Å²) >= 11 is 0. The summed E-state index contributed by atoms with van der Waals surface area (Å²) in [5.41, 5.74) is 2.26.